The van der Waals surface area contributed by atoms with Crippen molar-refractivity contribution in [1.82, 2.24) is 5.32 Å². The Kier molecular flexibility index (Phi) is 6.49. The lowest BCUT2D eigenvalue weighted by molar-refractivity contribution is -0.146. The number of carbonyl (C=O) groups excluding carboxylic acids is 3. The second-order valence-corrected chi connectivity index (χ2v) is 6.59. The van der Waals surface area contributed by atoms with Gasteiger partial charge in [-0.05, 0) is 28.1 Å². The molecule has 0 saturated carbocycles. The normalized spacial score (nSPS) is 12.0. The lowest BCUT2D eigenvalue weighted by atomic mass is 10.2. The molecule has 1 aliphatic heterocycles. The highest BCUT2D eigenvalue weighted by atomic mass is 79.9. The second kappa shape index (κ2) is 9.23. The minimum Gasteiger partial charge on any atom is -0.486 e. The van der Waals surface area contributed by atoms with Crippen molar-refractivity contribution in [2.24, 2.45) is 0 Å². The molecule has 2 aromatic rings. The first kappa shape index (κ1) is 19.7. The van der Waals surface area contributed by atoms with Crippen molar-refractivity contribution < 1.29 is 28.6 Å². The SMILES string of the molecule is O=C(COC(=O)CNC(=O)c1ccccc1)Nc1cc2c(cc1Br)OCCO2. The molecule has 0 radical (unpaired) electrons. The van der Waals surface area contributed by atoms with E-state index in [-0.39, 0.29) is 6.54 Å². The molecule has 0 bridgehead atoms. The molecular formula is C19H17BrN2O6. The average molecular weight is 449 g/mol. The highest BCUT2D eigenvalue weighted by molar-refractivity contribution is 9.10. The first-order valence-electron chi connectivity index (χ1n) is 8.41. The summed E-state index contributed by atoms with van der Waals surface area (Å²) in [6.07, 6.45) is 0. The predicted octanol–water partition coefficient (Wildman–Crippen LogP) is 2.13. The molecule has 2 N–H and O–H groups in total. The van der Waals surface area contributed by atoms with E-state index in [1.807, 2.05) is 0 Å². The third kappa shape index (κ3) is 5.23. The zero-order valence-corrected chi connectivity index (χ0v) is 16.3. The molecule has 0 saturated heterocycles. The highest BCUT2D eigenvalue weighted by Gasteiger charge is 2.17. The molecule has 0 unspecified atom stereocenters. The number of hydrogen-bond donors (Lipinski definition) is 2. The Balaban J connectivity index is 1.45. The smallest absolute Gasteiger partial charge is 0.325 e. The van der Waals surface area contributed by atoms with Gasteiger partial charge in [0.05, 0.1) is 5.69 Å². The van der Waals surface area contributed by atoms with Gasteiger partial charge < -0.3 is 24.8 Å². The van der Waals surface area contributed by atoms with E-state index in [0.717, 1.165) is 0 Å². The Hall–Kier alpha value is -3.07. The number of anilines is 1. The van der Waals surface area contributed by atoms with Gasteiger partial charge in [0.2, 0.25) is 0 Å². The third-order valence-electron chi connectivity index (χ3n) is 3.70. The summed E-state index contributed by atoms with van der Waals surface area (Å²) >= 11 is 3.34. The summed E-state index contributed by atoms with van der Waals surface area (Å²) in [6, 6.07) is 11.8. The van der Waals surface area contributed by atoms with Gasteiger partial charge in [0.1, 0.15) is 19.8 Å². The summed E-state index contributed by atoms with van der Waals surface area (Å²) < 4.78 is 16.4. The minimum absolute atomic E-state index is 0.339. The molecule has 1 aliphatic rings. The molecule has 0 spiro atoms. The van der Waals surface area contributed by atoms with Gasteiger partial charge in [0.25, 0.3) is 11.8 Å². The van der Waals surface area contributed by atoms with Crippen LogP contribution in [0.5, 0.6) is 11.5 Å². The Morgan fingerprint density at radius 2 is 1.71 bits per heavy atom. The van der Waals surface area contributed by atoms with Crippen LogP contribution in [0.2, 0.25) is 0 Å². The van der Waals surface area contributed by atoms with Gasteiger partial charge in [-0.2, -0.15) is 0 Å². The molecule has 0 atom stereocenters. The lowest BCUT2D eigenvalue weighted by Crippen LogP contribution is -2.32. The maximum Gasteiger partial charge on any atom is 0.325 e. The van der Waals surface area contributed by atoms with Gasteiger partial charge in [-0.1, -0.05) is 18.2 Å². The molecule has 0 fully saturated rings. The summed E-state index contributed by atoms with van der Waals surface area (Å²) in [5, 5.41) is 5.05. The molecule has 146 valence electrons. The molecule has 2 amide bonds. The fraction of sp³-hybridized carbons (Fsp3) is 0.211. The van der Waals surface area contributed by atoms with Crippen molar-refractivity contribution in [3.63, 3.8) is 0 Å². The Morgan fingerprint density at radius 3 is 2.43 bits per heavy atom. The lowest BCUT2D eigenvalue weighted by Gasteiger charge is -2.20. The molecule has 0 aliphatic carbocycles. The zero-order valence-electron chi connectivity index (χ0n) is 14.7. The number of ether oxygens (including phenoxy) is 3. The van der Waals surface area contributed by atoms with Crippen LogP contribution in [0.25, 0.3) is 0 Å². The quantitative estimate of drug-likeness (QED) is 0.656. The van der Waals surface area contributed by atoms with Crippen LogP contribution in [0.1, 0.15) is 10.4 Å². The second-order valence-electron chi connectivity index (χ2n) is 5.73. The number of benzene rings is 2. The first-order chi connectivity index (χ1) is 13.5. The minimum atomic E-state index is -0.722. The molecule has 0 aromatic heterocycles. The number of fused-ring (bicyclic) bond motifs is 1. The van der Waals surface area contributed by atoms with Gasteiger partial charge in [-0.15, -0.1) is 0 Å². The summed E-state index contributed by atoms with van der Waals surface area (Å²) in [6.45, 7) is 0.0614. The topological polar surface area (TPSA) is 103 Å². The van der Waals surface area contributed by atoms with Gasteiger partial charge in [0, 0.05) is 22.2 Å². The highest BCUT2D eigenvalue weighted by Crippen LogP contribution is 2.38. The summed E-state index contributed by atoms with van der Waals surface area (Å²) in [5.41, 5.74) is 0.888. The molecule has 1 heterocycles. The van der Waals surface area contributed by atoms with Gasteiger partial charge in [-0.3, -0.25) is 14.4 Å². The van der Waals surface area contributed by atoms with Crippen molar-refractivity contribution in [2.75, 3.05) is 31.7 Å². The monoisotopic (exact) mass is 448 g/mol. The number of halogens is 1. The van der Waals surface area contributed by atoms with Crippen LogP contribution in [-0.2, 0) is 14.3 Å². The maximum atomic E-state index is 12.0. The predicted molar refractivity (Wildman–Crippen MR) is 103 cm³/mol. The van der Waals surface area contributed by atoms with Crippen molar-refractivity contribution in [3.8, 4) is 11.5 Å². The molecule has 3 rings (SSSR count). The fourth-order valence-electron chi connectivity index (χ4n) is 2.39. The van der Waals surface area contributed by atoms with E-state index in [9.17, 15) is 14.4 Å². The number of rotatable bonds is 6. The van der Waals surface area contributed by atoms with Crippen LogP contribution in [0.3, 0.4) is 0 Å². The summed E-state index contributed by atoms with van der Waals surface area (Å²) in [5.74, 6) is -0.551. The van der Waals surface area contributed by atoms with E-state index in [0.29, 0.717) is 40.4 Å². The van der Waals surface area contributed by atoms with E-state index >= 15 is 0 Å². The van der Waals surface area contributed by atoms with Gasteiger partial charge >= 0.3 is 5.97 Å². The van der Waals surface area contributed by atoms with E-state index in [1.165, 1.54) is 0 Å². The van der Waals surface area contributed by atoms with Gasteiger partial charge in [0.15, 0.2) is 18.1 Å². The molecule has 9 heteroatoms. The van der Waals surface area contributed by atoms with Crippen molar-refractivity contribution in [3.05, 3.63) is 52.5 Å². The number of amides is 2. The van der Waals surface area contributed by atoms with Crippen LogP contribution >= 0.6 is 15.9 Å². The molecule has 2 aromatic carbocycles. The molecular weight excluding hydrogens is 432 g/mol. The molecule has 28 heavy (non-hydrogen) atoms. The van der Waals surface area contributed by atoms with E-state index in [1.54, 1.807) is 42.5 Å². The summed E-state index contributed by atoms with van der Waals surface area (Å²) in [7, 11) is 0. The Labute approximate surface area is 169 Å². The van der Waals surface area contributed by atoms with Crippen LogP contribution in [0.15, 0.2) is 46.9 Å². The first-order valence-corrected chi connectivity index (χ1v) is 9.20. The van der Waals surface area contributed by atoms with Crippen LogP contribution in [-0.4, -0.2) is 44.1 Å². The standard InChI is InChI=1S/C19H17BrN2O6/c20-13-8-15-16(27-7-6-26-15)9-14(13)22-17(23)11-28-18(24)10-21-19(25)12-4-2-1-3-5-12/h1-5,8-9H,6-7,10-11H2,(H,21,25)(H,22,23). The van der Waals surface area contributed by atoms with Crippen molar-refractivity contribution in [2.45, 2.75) is 0 Å². The van der Waals surface area contributed by atoms with Gasteiger partial charge in [-0.25, -0.2) is 0 Å². The number of esters is 1. The number of carbonyl (C=O) groups is 3. The zero-order chi connectivity index (χ0) is 19.9. The number of nitrogens with one attached hydrogen (secondary N) is 2. The van der Waals surface area contributed by atoms with Crippen molar-refractivity contribution >= 4 is 39.4 Å². The fourth-order valence-corrected chi connectivity index (χ4v) is 2.81. The number of hydrogen-bond acceptors (Lipinski definition) is 6. The van der Waals surface area contributed by atoms with E-state index < -0.39 is 24.4 Å². The van der Waals surface area contributed by atoms with E-state index in [2.05, 4.69) is 26.6 Å². The van der Waals surface area contributed by atoms with E-state index in [4.69, 9.17) is 14.2 Å². The van der Waals surface area contributed by atoms with Crippen LogP contribution in [0, 0.1) is 0 Å². The molecule has 8 nitrogen and oxygen atoms in total. The summed E-state index contributed by atoms with van der Waals surface area (Å²) in [4.78, 5) is 35.6. The Morgan fingerprint density at radius 1 is 1.04 bits per heavy atom. The van der Waals surface area contributed by atoms with Crippen LogP contribution < -0.4 is 20.1 Å². The largest absolute Gasteiger partial charge is 0.486 e. The average Bonchev–Trinajstić information content (AvgIpc) is 2.71. The van der Waals surface area contributed by atoms with Crippen molar-refractivity contribution in [1.29, 1.82) is 0 Å². The maximum absolute atomic E-state index is 12.0. The third-order valence-corrected chi connectivity index (χ3v) is 4.36. The van der Waals surface area contributed by atoms with Crippen LogP contribution in [0.4, 0.5) is 5.69 Å². The Bertz CT molecular complexity index is 887.